The van der Waals surface area contributed by atoms with Gasteiger partial charge in [0.15, 0.2) is 5.78 Å². The second-order valence-electron chi connectivity index (χ2n) is 7.97. The van der Waals surface area contributed by atoms with Crippen LogP contribution in [0.15, 0.2) is 24.3 Å². The average molecular weight is 347 g/mol. The van der Waals surface area contributed by atoms with Gasteiger partial charge in [0.05, 0.1) is 6.61 Å². The number of carbonyl (C=O) groups is 1. The van der Waals surface area contributed by atoms with E-state index in [2.05, 4.69) is 18.7 Å². The Morgan fingerprint density at radius 2 is 1.84 bits per heavy atom. The first-order valence-electron chi connectivity index (χ1n) is 9.57. The number of ether oxygens (including phenoxy) is 1. The van der Waals surface area contributed by atoms with E-state index in [9.17, 15) is 9.18 Å². The number of likely N-dealkylation sites (tertiary alicyclic amines) is 1. The quantitative estimate of drug-likeness (QED) is 0.819. The molecule has 3 rings (SSSR count). The van der Waals surface area contributed by atoms with Crippen LogP contribution in [0.2, 0.25) is 0 Å². The standard InChI is InChI=1S/C21H30FNO2/c1-15(2)21(16(3)24)11-8-20(14-25-21)23-12-9-18(10-13-23)17-4-6-19(22)7-5-17/h4-7,15,18,20H,8-14H2,1-3H3/t20-,21?/m1/s1. The third-order valence-electron chi connectivity index (χ3n) is 6.30. The Labute approximate surface area is 150 Å². The molecule has 0 spiro atoms. The lowest BCUT2D eigenvalue weighted by atomic mass is 9.79. The van der Waals surface area contributed by atoms with Crippen molar-refractivity contribution in [2.45, 2.75) is 64.0 Å². The van der Waals surface area contributed by atoms with Gasteiger partial charge in [0.25, 0.3) is 0 Å². The van der Waals surface area contributed by atoms with Crippen LogP contribution >= 0.6 is 0 Å². The molecular formula is C21H30FNO2. The summed E-state index contributed by atoms with van der Waals surface area (Å²) >= 11 is 0. The summed E-state index contributed by atoms with van der Waals surface area (Å²) in [5, 5.41) is 0. The molecule has 2 aliphatic heterocycles. The smallest absolute Gasteiger partial charge is 0.161 e. The molecule has 3 nitrogen and oxygen atoms in total. The third-order valence-corrected chi connectivity index (χ3v) is 6.30. The van der Waals surface area contributed by atoms with Crippen LogP contribution in [0.25, 0.3) is 0 Å². The van der Waals surface area contributed by atoms with Crippen molar-refractivity contribution in [2.75, 3.05) is 19.7 Å². The summed E-state index contributed by atoms with van der Waals surface area (Å²) < 4.78 is 19.2. The average Bonchev–Trinajstić information content (AvgIpc) is 2.62. The molecule has 2 aliphatic rings. The van der Waals surface area contributed by atoms with Crippen LogP contribution in [0.5, 0.6) is 0 Å². The van der Waals surface area contributed by atoms with Crippen molar-refractivity contribution in [1.29, 1.82) is 0 Å². The highest BCUT2D eigenvalue weighted by Crippen LogP contribution is 2.36. The Morgan fingerprint density at radius 1 is 1.20 bits per heavy atom. The van der Waals surface area contributed by atoms with Gasteiger partial charge in [-0.15, -0.1) is 0 Å². The van der Waals surface area contributed by atoms with Gasteiger partial charge in [-0.3, -0.25) is 9.69 Å². The molecule has 25 heavy (non-hydrogen) atoms. The van der Waals surface area contributed by atoms with Gasteiger partial charge in [0, 0.05) is 6.04 Å². The normalized spacial score (nSPS) is 29.1. The minimum absolute atomic E-state index is 0.163. The Morgan fingerprint density at radius 3 is 2.32 bits per heavy atom. The van der Waals surface area contributed by atoms with E-state index in [-0.39, 0.29) is 17.5 Å². The first-order chi connectivity index (χ1) is 11.9. The van der Waals surface area contributed by atoms with Gasteiger partial charge in [-0.05, 0) is 75.2 Å². The molecule has 0 aromatic heterocycles. The highest BCUT2D eigenvalue weighted by atomic mass is 19.1. The van der Waals surface area contributed by atoms with Crippen molar-refractivity contribution in [3.05, 3.63) is 35.6 Å². The van der Waals surface area contributed by atoms with E-state index in [1.165, 1.54) is 5.56 Å². The number of halogens is 1. The maximum atomic E-state index is 13.1. The molecule has 138 valence electrons. The number of ketones is 1. The van der Waals surface area contributed by atoms with Crippen LogP contribution < -0.4 is 0 Å². The molecule has 0 bridgehead atoms. The van der Waals surface area contributed by atoms with Gasteiger partial charge in [-0.25, -0.2) is 4.39 Å². The van der Waals surface area contributed by atoms with E-state index < -0.39 is 5.60 Å². The molecule has 4 heteroatoms. The minimum Gasteiger partial charge on any atom is -0.365 e. The van der Waals surface area contributed by atoms with Crippen LogP contribution in [0.3, 0.4) is 0 Å². The maximum absolute atomic E-state index is 13.1. The first kappa shape index (κ1) is 18.5. The number of hydrogen-bond acceptors (Lipinski definition) is 3. The molecule has 2 atom stereocenters. The third kappa shape index (κ3) is 3.80. The zero-order chi connectivity index (χ0) is 18.0. The largest absolute Gasteiger partial charge is 0.365 e. The molecule has 2 fully saturated rings. The second-order valence-corrected chi connectivity index (χ2v) is 7.97. The molecule has 1 aromatic carbocycles. The Bertz CT molecular complexity index is 582. The van der Waals surface area contributed by atoms with Gasteiger partial charge >= 0.3 is 0 Å². The van der Waals surface area contributed by atoms with Gasteiger partial charge in [-0.1, -0.05) is 26.0 Å². The molecule has 1 aromatic rings. The van der Waals surface area contributed by atoms with Gasteiger partial charge in [-0.2, -0.15) is 0 Å². The van der Waals surface area contributed by atoms with Crippen LogP contribution in [0.4, 0.5) is 4.39 Å². The summed E-state index contributed by atoms with van der Waals surface area (Å²) in [6, 6.07) is 7.38. The zero-order valence-electron chi connectivity index (χ0n) is 15.6. The molecule has 0 aliphatic carbocycles. The van der Waals surface area contributed by atoms with Crippen molar-refractivity contribution < 1.29 is 13.9 Å². The summed E-state index contributed by atoms with van der Waals surface area (Å²) in [4.78, 5) is 14.6. The Hall–Kier alpha value is -1.26. The lowest BCUT2D eigenvalue weighted by molar-refractivity contribution is -0.165. The van der Waals surface area contributed by atoms with E-state index in [1.54, 1.807) is 19.1 Å². The number of piperidine rings is 1. The Balaban J connectivity index is 1.54. The lowest BCUT2D eigenvalue weighted by Gasteiger charge is -2.46. The van der Waals surface area contributed by atoms with Crippen LogP contribution in [-0.4, -0.2) is 42.0 Å². The lowest BCUT2D eigenvalue weighted by Crippen LogP contribution is -2.55. The van der Waals surface area contributed by atoms with Crippen molar-refractivity contribution in [1.82, 2.24) is 4.90 Å². The molecule has 0 radical (unpaired) electrons. The summed E-state index contributed by atoms with van der Waals surface area (Å²) in [5.41, 5.74) is 0.666. The fourth-order valence-corrected chi connectivity index (χ4v) is 4.54. The summed E-state index contributed by atoms with van der Waals surface area (Å²) in [5.74, 6) is 0.735. The highest BCUT2D eigenvalue weighted by Gasteiger charge is 2.44. The van der Waals surface area contributed by atoms with Crippen LogP contribution in [-0.2, 0) is 9.53 Å². The van der Waals surface area contributed by atoms with Crippen molar-refractivity contribution in [3.8, 4) is 0 Å². The number of carbonyl (C=O) groups excluding carboxylic acids is 1. The second kappa shape index (κ2) is 7.55. The Kier molecular flexibility index (Phi) is 5.59. The molecule has 0 N–H and O–H groups in total. The van der Waals surface area contributed by atoms with Gasteiger partial charge in [0.2, 0.25) is 0 Å². The van der Waals surface area contributed by atoms with Crippen LogP contribution in [0, 0.1) is 11.7 Å². The predicted octanol–water partition coefficient (Wildman–Crippen LogP) is 4.17. The molecule has 1 unspecified atom stereocenters. The topological polar surface area (TPSA) is 29.5 Å². The molecule has 2 saturated heterocycles. The fourth-order valence-electron chi connectivity index (χ4n) is 4.54. The summed E-state index contributed by atoms with van der Waals surface area (Å²) in [6.07, 6.45) is 4.05. The van der Waals surface area contributed by atoms with Crippen molar-refractivity contribution >= 4 is 5.78 Å². The molecule has 0 amide bonds. The number of hydrogen-bond donors (Lipinski definition) is 0. The van der Waals surface area contributed by atoms with E-state index in [1.807, 2.05) is 12.1 Å². The van der Waals surface area contributed by atoms with Gasteiger partial charge in [0.1, 0.15) is 11.4 Å². The minimum atomic E-state index is -0.580. The van der Waals surface area contributed by atoms with Crippen molar-refractivity contribution in [2.24, 2.45) is 5.92 Å². The van der Waals surface area contributed by atoms with E-state index in [0.29, 0.717) is 18.6 Å². The van der Waals surface area contributed by atoms with E-state index >= 15 is 0 Å². The maximum Gasteiger partial charge on any atom is 0.161 e. The predicted molar refractivity (Wildman–Crippen MR) is 97.2 cm³/mol. The van der Waals surface area contributed by atoms with E-state index in [0.717, 1.165) is 38.8 Å². The number of Topliss-reactive ketones (excluding diaryl/α,β-unsaturated/α-hetero) is 1. The van der Waals surface area contributed by atoms with Gasteiger partial charge < -0.3 is 4.74 Å². The number of nitrogens with zero attached hydrogens (tertiary/aromatic N) is 1. The highest BCUT2D eigenvalue weighted by molar-refractivity contribution is 5.85. The summed E-state index contributed by atoms with van der Waals surface area (Å²) in [6.45, 7) is 8.56. The first-order valence-corrected chi connectivity index (χ1v) is 9.57. The molecule has 0 saturated carbocycles. The van der Waals surface area contributed by atoms with Crippen LogP contribution in [0.1, 0.15) is 57.9 Å². The fraction of sp³-hybridized carbons (Fsp3) is 0.667. The van der Waals surface area contributed by atoms with Crippen molar-refractivity contribution in [3.63, 3.8) is 0 Å². The zero-order valence-corrected chi connectivity index (χ0v) is 15.6. The number of benzene rings is 1. The monoisotopic (exact) mass is 347 g/mol. The SMILES string of the molecule is CC(=O)C1(C(C)C)CC[C@@H](N2CCC(c3ccc(F)cc3)CC2)CO1. The molecule has 2 heterocycles. The van der Waals surface area contributed by atoms with E-state index in [4.69, 9.17) is 4.74 Å². The number of rotatable bonds is 4. The molecular weight excluding hydrogens is 317 g/mol. The summed E-state index contributed by atoms with van der Waals surface area (Å²) in [7, 11) is 0.